The fourth-order valence-corrected chi connectivity index (χ4v) is 3.06. The lowest BCUT2D eigenvalue weighted by atomic mass is 10.1. The number of carbonyl (C=O) groups is 3. The number of amides is 3. The number of rotatable bonds is 8. The number of aryl methyl sites for hydroxylation is 1. The van der Waals surface area contributed by atoms with Crippen LogP contribution in [0.25, 0.3) is 0 Å². The van der Waals surface area contributed by atoms with Crippen molar-refractivity contribution in [1.29, 1.82) is 0 Å². The van der Waals surface area contributed by atoms with Gasteiger partial charge in [-0.1, -0.05) is 24.3 Å². The molecule has 3 aromatic carbocycles. The van der Waals surface area contributed by atoms with E-state index in [9.17, 15) is 14.4 Å². The summed E-state index contributed by atoms with van der Waals surface area (Å²) in [7, 11) is 1.55. The van der Waals surface area contributed by atoms with E-state index in [2.05, 4.69) is 16.0 Å². The SMILES string of the molecule is COc1ccc(C(=O)Nc2ccccc2C(=O)NCCC(=O)Nc2cccc(C)c2)cc1. The normalized spacial score (nSPS) is 10.2. The topological polar surface area (TPSA) is 96.5 Å². The van der Waals surface area contributed by atoms with E-state index in [4.69, 9.17) is 4.74 Å². The van der Waals surface area contributed by atoms with Crippen LogP contribution in [0.5, 0.6) is 5.75 Å². The van der Waals surface area contributed by atoms with Crippen LogP contribution < -0.4 is 20.7 Å². The molecule has 0 saturated heterocycles. The average molecular weight is 431 g/mol. The number of benzene rings is 3. The van der Waals surface area contributed by atoms with Crippen LogP contribution in [0.2, 0.25) is 0 Å². The lowest BCUT2D eigenvalue weighted by Crippen LogP contribution is -2.28. The quantitative estimate of drug-likeness (QED) is 0.502. The second kappa shape index (κ2) is 10.8. The zero-order valence-electron chi connectivity index (χ0n) is 18.0. The molecule has 0 spiro atoms. The predicted octanol–water partition coefficient (Wildman–Crippen LogP) is 4.01. The molecule has 0 aliphatic carbocycles. The van der Waals surface area contributed by atoms with Gasteiger partial charge in [0, 0.05) is 24.2 Å². The monoisotopic (exact) mass is 431 g/mol. The molecule has 0 fully saturated rings. The molecule has 0 aliphatic heterocycles. The molecule has 0 bridgehead atoms. The Balaban J connectivity index is 1.56. The van der Waals surface area contributed by atoms with Crippen molar-refractivity contribution >= 4 is 29.1 Å². The third-order valence-electron chi connectivity index (χ3n) is 4.71. The Hall–Kier alpha value is -4.13. The number of hydrogen-bond donors (Lipinski definition) is 3. The second-order valence-electron chi connectivity index (χ2n) is 7.15. The van der Waals surface area contributed by atoms with Crippen molar-refractivity contribution < 1.29 is 19.1 Å². The van der Waals surface area contributed by atoms with E-state index < -0.39 is 0 Å². The Morgan fingerprint density at radius 1 is 0.844 bits per heavy atom. The summed E-state index contributed by atoms with van der Waals surface area (Å²) < 4.78 is 5.10. The first-order chi connectivity index (χ1) is 15.5. The standard InChI is InChI=1S/C25H25N3O4/c1-17-6-5-7-19(16-17)27-23(29)14-15-26-25(31)21-8-3-4-9-22(21)28-24(30)18-10-12-20(32-2)13-11-18/h3-13,16H,14-15H2,1-2H3,(H,26,31)(H,27,29)(H,28,30). The maximum atomic E-state index is 12.6. The van der Waals surface area contributed by atoms with Crippen LogP contribution in [0.3, 0.4) is 0 Å². The van der Waals surface area contributed by atoms with E-state index in [0.29, 0.717) is 28.3 Å². The highest BCUT2D eigenvalue weighted by atomic mass is 16.5. The van der Waals surface area contributed by atoms with Crippen molar-refractivity contribution in [3.05, 3.63) is 89.5 Å². The highest BCUT2D eigenvalue weighted by Crippen LogP contribution is 2.18. The van der Waals surface area contributed by atoms with Crippen molar-refractivity contribution in [2.75, 3.05) is 24.3 Å². The summed E-state index contributed by atoms with van der Waals surface area (Å²) in [6, 6.07) is 20.9. The van der Waals surface area contributed by atoms with E-state index in [0.717, 1.165) is 5.56 Å². The van der Waals surface area contributed by atoms with Crippen molar-refractivity contribution in [3.8, 4) is 5.75 Å². The fraction of sp³-hybridized carbons (Fsp3) is 0.160. The third kappa shape index (κ3) is 6.18. The highest BCUT2D eigenvalue weighted by molar-refractivity contribution is 6.09. The molecule has 0 saturated carbocycles. The molecular formula is C25H25N3O4. The van der Waals surface area contributed by atoms with E-state index in [1.54, 1.807) is 55.6 Å². The molecule has 32 heavy (non-hydrogen) atoms. The van der Waals surface area contributed by atoms with Crippen LogP contribution >= 0.6 is 0 Å². The minimum atomic E-state index is -0.376. The third-order valence-corrected chi connectivity index (χ3v) is 4.71. The number of anilines is 2. The van der Waals surface area contributed by atoms with E-state index in [1.165, 1.54) is 0 Å². The minimum absolute atomic E-state index is 0.125. The summed E-state index contributed by atoms with van der Waals surface area (Å²) in [5.41, 5.74) is 2.90. The van der Waals surface area contributed by atoms with Gasteiger partial charge in [0.15, 0.2) is 0 Å². The molecule has 164 valence electrons. The fourth-order valence-electron chi connectivity index (χ4n) is 3.06. The molecule has 3 rings (SSSR count). The van der Waals surface area contributed by atoms with Crippen LogP contribution in [0.1, 0.15) is 32.7 Å². The first-order valence-corrected chi connectivity index (χ1v) is 10.2. The molecule has 7 heteroatoms. The Morgan fingerprint density at radius 3 is 2.31 bits per heavy atom. The first kappa shape index (κ1) is 22.6. The van der Waals surface area contributed by atoms with Crippen LogP contribution in [-0.4, -0.2) is 31.4 Å². The summed E-state index contributed by atoms with van der Waals surface area (Å²) >= 11 is 0. The van der Waals surface area contributed by atoms with Gasteiger partial charge in [-0.2, -0.15) is 0 Å². The molecule has 0 aliphatic rings. The van der Waals surface area contributed by atoms with Gasteiger partial charge in [0.05, 0.1) is 18.4 Å². The number of ether oxygens (including phenoxy) is 1. The summed E-state index contributed by atoms with van der Waals surface area (Å²) in [6.45, 7) is 2.11. The van der Waals surface area contributed by atoms with Crippen molar-refractivity contribution in [3.63, 3.8) is 0 Å². The van der Waals surface area contributed by atoms with Gasteiger partial charge >= 0.3 is 0 Å². The Bertz CT molecular complexity index is 1110. The second-order valence-corrected chi connectivity index (χ2v) is 7.15. The van der Waals surface area contributed by atoms with Crippen LogP contribution in [0.4, 0.5) is 11.4 Å². The number of nitrogens with one attached hydrogen (secondary N) is 3. The largest absolute Gasteiger partial charge is 0.497 e. The summed E-state index contributed by atoms with van der Waals surface area (Å²) in [5.74, 6) is -0.269. The maximum absolute atomic E-state index is 12.6. The van der Waals surface area contributed by atoms with Gasteiger partial charge in [-0.25, -0.2) is 0 Å². The zero-order valence-corrected chi connectivity index (χ0v) is 18.0. The van der Waals surface area contributed by atoms with Crippen LogP contribution in [-0.2, 0) is 4.79 Å². The van der Waals surface area contributed by atoms with Crippen LogP contribution in [0.15, 0.2) is 72.8 Å². The van der Waals surface area contributed by atoms with E-state index in [1.807, 2.05) is 31.2 Å². The van der Waals surface area contributed by atoms with Gasteiger partial charge in [0.25, 0.3) is 11.8 Å². The number of carbonyl (C=O) groups excluding carboxylic acids is 3. The minimum Gasteiger partial charge on any atom is -0.497 e. The van der Waals surface area contributed by atoms with Gasteiger partial charge in [-0.3, -0.25) is 14.4 Å². The van der Waals surface area contributed by atoms with Crippen molar-refractivity contribution in [2.45, 2.75) is 13.3 Å². The lowest BCUT2D eigenvalue weighted by Gasteiger charge is -2.12. The molecule has 0 atom stereocenters. The Labute approximate surface area is 186 Å². The molecule has 0 radical (unpaired) electrons. The average Bonchev–Trinajstić information content (AvgIpc) is 2.79. The zero-order chi connectivity index (χ0) is 22.9. The van der Waals surface area contributed by atoms with E-state index >= 15 is 0 Å². The Kier molecular flexibility index (Phi) is 7.59. The molecule has 7 nitrogen and oxygen atoms in total. The molecule has 0 unspecified atom stereocenters. The molecule has 3 N–H and O–H groups in total. The highest BCUT2D eigenvalue weighted by Gasteiger charge is 2.14. The van der Waals surface area contributed by atoms with Crippen molar-refractivity contribution in [1.82, 2.24) is 5.32 Å². The molecule has 3 aromatic rings. The molecule has 0 aromatic heterocycles. The van der Waals surface area contributed by atoms with Gasteiger partial charge in [0.1, 0.15) is 5.75 Å². The number of methoxy groups -OCH3 is 1. The maximum Gasteiger partial charge on any atom is 0.255 e. The predicted molar refractivity (Wildman–Crippen MR) is 124 cm³/mol. The smallest absolute Gasteiger partial charge is 0.255 e. The van der Waals surface area contributed by atoms with E-state index in [-0.39, 0.29) is 30.7 Å². The summed E-state index contributed by atoms with van der Waals surface area (Å²) in [5, 5.41) is 8.29. The lowest BCUT2D eigenvalue weighted by molar-refractivity contribution is -0.116. The summed E-state index contributed by atoms with van der Waals surface area (Å²) in [4.78, 5) is 37.3. The number of hydrogen-bond acceptors (Lipinski definition) is 4. The van der Waals surface area contributed by atoms with Crippen molar-refractivity contribution in [2.24, 2.45) is 0 Å². The molecule has 3 amide bonds. The molecular weight excluding hydrogens is 406 g/mol. The van der Waals surface area contributed by atoms with Gasteiger partial charge < -0.3 is 20.7 Å². The summed E-state index contributed by atoms with van der Waals surface area (Å²) in [6.07, 6.45) is 0.125. The Morgan fingerprint density at radius 2 is 1.59 bits per heavy atom. The van der Waals surface area contributed by atoms with Gasteiger partial charge in [-0.15, -0.1) is 0 Å². The molecule has 0 heterocycles. The first-order valence-electron chi connectivity index (χ1n) is 10.2. The van der Waals surface area contributed by atoms with Crippen LogP contribution in [0, 0.1) is 6.92 Å². The van der Waals surface area contributed by atoms with Gasteiger partial charge in [0.2, 0.25) is 5.91 Å². The van der Waals surface area contributed by atoms with Gasteiger partial charge in [-0.05, 0) is 61.0 Å². The number of para-hydroxylation sites is 1.